The summed E-state index contributed by atoms with van der Waals surface area (Å²) < 4.78 is 13.5. The van der Waals surface area contributed by atoms with E-state index in [4.69, 9.17) is 0 Å². The minimum absolute atomic E-state index is 0.275. The molecule has 0 bridgehead atoms. The van der Waals surface area contributed by atoms with Gasteiger partial charge < -0.3 is 5.32 Å². The summed E-state index contributed by atoms with van der Waals surface area (Å²) >= 11 is 0. The molecule has 2 nitrogen and oxygen atoms in total. The van der Waals surface area contributed by atoms with E-state index in [9.17, 15) is 9.18 Å². The van der Waals surface area contributed by atoms with E-state index in [1.165, 1.54) is 12.1 Å². The fourth-order valence-corrected chi connectivity index (χ4v) is 1.80. The van der Waals surface area contributed by atoms with E-state index in [-0.39, 0.29) is 5.82 Å². The maximum atomic E-state index is 13.5. The first kappa shape index (κ1) is 13.0. The van der Waals surface area contributed by atoms with Crippen LogP contribution in [0.25, 0.3) is 6.08 Å². The van der Waals surface area contributed by atoms with Crippen LogP contribution in [0.15, 0.2) is 54.6 Å². The average Bonchev–Trinajstić information content (AvgIpc) is 2.45. The van der Waals surface area contributed by atoms with Gasteiger partial charge in [-0.2, -0.15) is 0 Å². The molecule has 1 N–H and O–H groups in total. The SMILES string of the molecule is O=C/C=C/c1ccccc1CNc1ccccc1F. The Balaban J connectivity index is 2.13. The molecule has 0 fully saturated rings. The summed E-state index contributed by atoms with van der Waals surface area (Å²) in [6.07, 6.45) is 3.92. The van der Waals surface area contributed by atoms with Crippen LogP contribution in [0.2, 0.25) is 0 Å². The monoisotopic (exact) mass is 255 g/mol. The molecule has 96 valence electrons. The number of rotatable bonds is 5. The zero-order valence-corrected chi connectivity index (χ0v) is 10.3. The van der Waals surface area contributed by atoms with Gasteiger partial charge in [0, 0.05) is 6.54 Å². The third kappa shape index (κ3) is 3.52. The van der Waals surface area contributed by atoms with Crippen LogP contribution < -0.4 is 5.32 Å². The molecule has 0 saturated heterocycles. The number of benzene rings is 2. The molecule has 0 spiro atoms. The highest BCUT2D eigenvalue weighted by Gasteiger charge is 2.02. The van der Waals surface area contributed by atoms with Crippen molar-refractivity contribution >= 4 is 18.0 Å². The van der Waals surface area contributed by atoms with E-state index < -0.39 is 0 Å². The highest BCUT2D eigenvalue weighted by Crippen LogP contribution is 2.16. The van der Waals surface area contributed by atoms with Crippen molar-refractivity contribution in [1.29, 1.82) is 0 Å². The molecule has 2 rings (SSSR count). The molecule has 19 heavy (non-hydrogen) atoms. The molecule has 0 aliphatic rings. The summed E-state index contributed by atoms with van der Waals surface area (Å²) in [6.45, 7) is 0.500. The summed E-state index contributed by atoms with van der Waals surface area (Å²) in [7, 11) is 0. The van der Waals surface area contributed by atoms with Crippen LogP contribution in [0.5, 0.6) is 0 Å². The molecule has 0 heterocycles. The Labute approximate surface area is 111 Å². The Morgan fingerprint density at radius 2 is 1.79 bits per heavy atom. The molecule has 0 amide bonds. The largest absolute Gasteiger partial charge is 0.379 e. The first-order valence-corrected chi connectivity index (χ1v) is 5.99. The molecule has 2 aromatic carbocycles. The number of hydrogen-bond donors (Lipinski definition) is 1. The number of nitrogens with one attached hydrogen (secondary N) is 1. The van der Waals surface area contributed by atoms with E-state index >= 15 is 0 Å². The number of para-hydroxylation sites is 1. The Hall–Kier alpha value is -2.42. The minimum atomic E-state index is -0.275. The van der Waals surface area contributed by atoms with Gasteiger partial charge in [0.25, 0.3) is 0 Å². The van der Waals surface area contributed by atoms with E-state index in [0.717, 1.165) is 17.4 Å². The van der Waals surface area contributed by atoms with Crippen molar-refractivity contribution in [3.63, 3.8) is 0 Å². The van der Waals surface area contributed by atoms with Crippen molar-refractivity contribution in [2.45, 2.75) is 6.54 Å². The lowest BCUT2D eigenvalue weighted by atomic mass is 10.1. The van der Waals surface area contributed by atoms with Gasteiger partial charge in [0.2, 0.25) is 0 Å². The third-order valence-corrected chi connectivity index (χ3v) is 2.75. The molecule has 2 aromatic rings. The lowest BCUT2D eigenvalue weighted by molar-refractivity contribution is -0.104. The molecular formula is C16H14FNO. The second kappa shape index (κ2) is 6.50. The quantitative estimate of drug-likeness (QED) is 0.652. The van der Waals surface area contributed by atoms with Crippen LogP contribution in [-0.2, 0) is 11.3 Å². The number of allylic oxidation sites excluding steroid dienone is 1. The van der Waals surface area contributed by atoms with Crippen LogP contribution in [0.3, 0.4) is 0 Å². The standard InChI is InChI=1S/C16H14FNO/c17-15-9-3-4-10-16(15)18-12-14-7-2-1-6-13(14)8-5-11-19/h1-11,18H,12H2/b8-5+. The zero-order chi connectivity index (χ0) is 13.5. The minimum Gasteiger partial charge on any atom is -0.379 e. The van der Waals surface area contributed by atoms with Crippen molar-refractivity contribution in [2.75, 3.05) is 5.32 Å². The van der Waals surface area contributed by atoms with Crippen LogP contribution in [0.4, 0.5) is 10.1 Å². The summed E-state index contributed by atoms with van der Waals surface area (Å²) in [6, 6.07) is 14.2. The van der Waals surface area contributed by atoms with Crippen LogP contribution in [0, 0.1) is 5.82 Å². The second-order valence-corrected chi connectivity index (χ2v) is 4.03. The summed E-state index contributed by atoms with van der Waals surface area (Å²) in [5.41, 5.74) is 2.42. The molecule has 0 aromatic heterocycles. The zero-order valence-electron chi connectivity index (χ0n) is 10.3. The van der Waals surface area contributed by atoms with Gasteiger partial charge in [-0.1, -0.05) is 42.5 Å². The number of carbonyl (C=O) groups excluding carboxylic acids is 1. The molecule has 0 radical (unpaired) electrons. The Morgan fingerprint density at radius 3 is 2.58 bits per heavy atom. The van der Waals surface area contributed by atoms with E-state index in [1.54, 1.807) is 24.3 Å². The van der Waals surface area contributed by atoms with E-state index in [2.05, 4.69) is 5.32 Å². The van der Waals surface area contributed by atoms with Crippen molar-refractivity contribution in [2.24, 2.45) is 0 Å². The van der Waals surface area contributed by atoms with Gasteiger partial charge in [0.15, 0.2) is 0 Å². The van der Waals surface area contributed by atoms with Gasteiger partial charge in [-0.3, -0.25) is 4.79 Å². The summed E-state index contributed by atoms with van der Waals surface area (Å²) in [4.78, 5) is 10.4. The lowest BCUT2D eigenvalue weighted by Crippen LogP contribution is -2.02. The van der Waals surface area contributed by atoms with Crippen LogP contribution in [-0.4, -0.2) is 6.29 Å². The first-order valence-electron chi connectivity index (χ1n) is 5.99. The second-order valence-electron chi connectivity index (χ2n) is 4.03. The molecule has 0 saturated carbocycles. The van der Waals surface area contributed by atoms with Crippen molar-refractivity contribution in [1.82, 2.24) is 0 Å². The maximum absolute atomic E-state index is 13.5. The highest BCUT2D eigenvalue weighted by atomic mass is 19.1. The molecular weight excluding hydrogens is 241 g/mol. The number of halogens is 1. The van der Waals surface area contributed by atoms with Crippen LogP contribution >= 0.6 is 0 Å². The highest BCUT2D eigenvalue weighted by molar-refractivity contribution is 5.74. The molecule has 0 aliphatic heterocycles. The maximum Gasteiger partial charge on any atom is 0.146 e. The Morgan fingerprint density at radius 1 is 1.05 bits per heavy atom. The number of aldehydes is 1. The summed E-state index contributed by atoms with van der Waals surface area (Å²) in [5.74, 6) is -0.275. The van der Waals surface area contributed by atoms with E-state index in [0.29, 0.717) is 12.2 Å². The number of carbonyl (C=O) groups is 1. The first-order chi connectivity index (χ1) is 9.31. The van der Waals surface area contributed by atoms with Crippen molar-refractivity contribution in [3.8, 4) is 0 Å². The Kier molecular flexibility index (Phi) is 4.45. The van der Waals surface area contributed by atoms with Gasteiger partial charge in [-0.15, -0.1) is 0 Å². The normalized spacial score (nSPS) is 10.6. The Bertz CT molecular complexity index is 593. The number of anilines is 1. The number of hydrogen-bond acceptors (Lipinski definition) is 2. The fourth-order valence-electron chi connectivity index (χ4n) is 1.80. The molecule has 0 aliphatic carbocycles. The van der Waals surface area contributed by atoms with E-state index in [1.807, 2.05) is 24.3 Å². The van der Waals surface area contributed by atoms with Gasteiger partial charge in [-0.25, -0.2) is 4.39 Å². The molecule has 3 heteroatoms. The predicted octanol–water partition coefficient (Wildman–Crippen LogP) is 3.65. The topological polar surface area (TPSA) is 29.1 Å². The van der Waals surface area contributed by atoms with Crippen molar-refractivity contribution in [3.05, 3.63) is 71.6 Å². The molecule has 0 atom stereocenters. The third-order valence-electron chi connectivity index (χ3n) is 2.75. The smallest absolute Gasteiger partial charge is 0.146 e. The van der Waals surface area contributed by atoms with Crippen LogP contribution in [0.1, 0.15) is 11.1 Å². The fraction of sp³-hybridized carbons (Fsp3) is 0.0625. The van der Waals surface area contributed by atoms with Gasteiger partial charge in [0.1, 0.15) is 12.1 Å². The molecule has 0 unspecified atom stereocenters. The van der Waals surface area contributed by atoms with Gasteiger partial charge in [0.05, 0.1) is 5.69 Å². The predicted molar refractivity (Wildman–Crippen MR) is 75.3 cm³/mol. The lowest BCUT2D eigenvalue weighted by Gasteiger charge is -2.09. The van der Waals surface area contributed by atoms with Crippen molar-refractivity contribution < 1.29 is 9.18 Å². The average molecular weight is 255 g/mol. The van der Waals surface area contributed by atoms with Gasteiger partial charge in [-0.05, 0) is 29.3 Å². The summed E-state index contributed by atoms with van der Waals surface area (Å²) in [5, 5.41) is 3.05. The van der Waals surface area contributed by atoms with Gasteiger partial charge >= 0.3 is 0 Å².